The summed E-state index contributed by atoms with van der Waals surface area (Å²) in [5.74, 6) is -0.188. The fourth-order valence-electron chi connectivity index (χ4n) is 3.81. The van der Waals surface area contributed by atoms with Gasteiger partial charge in [-0.2, -0.15) is 11.8 Å². The number of carboxylic acids is 1. The Balaban J connectivity index is 1.62. The first kappa shape index (κ1) is 21.1. The second-order valence-electron chi connectivity index (χ2n) is 7.90. The van der Waals surface area contributed by atoms with Crippen molar-refractivity contribution in [3.63, 3.8) is 0 Å². The van der Waals surface area contributed by atoms with Gasteiger partial charge in [-0.15, -0.1) is 0 Å². The predicted molar refractivity (Wildman–Crippen MR) is 135 cm³/mol. The molecule has 2 aromatic heterocycles. The van der Waals surface area contributed by atoms with Gasteiger partial charge < -0.3 is 20.4 Å². The quantitative estimate of drug-likeness (QED) is 0.553. The number of aromatic amines is 2. The van der Waals surface area contributed by atoms with Gasteiger partial charge in [0.25, 0.3) is 0 Å². The lowest BCUT2D eigenvalue weighted by Gasteiger charge is -2.09. The van der Waals surface area contributed by atoms with Gasteiger partial charge in [-0.3, -0.25) is 4.99 Å². The molecule has 0 spiro atoms. The van der Waals surface area contributed by atoms with Crippen LogP contribution in [0.3, 0.4) is 0 Å². The number of hydrogen-bond acceptors (Lipinski definition) is 5. The molecule has 0 aliphatic carbocycles. The van der Waals surface area contributed by atoms with E-state index < -0.39 is 12.0 Å². The summed E-state index contributed by atoms with van der Waals surface area (Å²) < 4.78 is 0. The molecule has 0 amide bonds. The third-order valence-corrected chi connectivity index (χ3v) is 6.03. The SMILES string of the molecule is CSCC[C@H](N=C1C=C2C=c3ccc([nH]3)=Cc3ccc([nH]3)C=C3C=CC(=N3)C=C1N2)C(=O)O. The van der Waals surface area contributed by atoms with Crippen molar-refractivity contribution in [1.29, 1.82) is 0 Å². The zero-order chi connectivity index (χ0) is 22.8. The molecular weight excluding hydrogens is 434 g/mol. The lowest BCUT2D eigenvalue weighted by Crippen LogP contribution is -2.21. The van der Waals surface area contributed by atoms with Crippen LogP contribution in [0.15, 0.2) is 75.6 Å². The topological polar surface area (TPSA) is 106 Å². The summed E-state index contributed by atoms with van der Waals surface area (Å²) in [4.78, 5) is 27.8. The first-order chi connectivity index (χ1) is 16.1. The number of H-pyrrole nitrogens is 2. The summed E-state index contributed by atoms with van der Waals surface area (Å²) in [5.41, 5.74) is 5.74. The number of nitrogens with one attached hydrogen (secondary N) is 3. The molecule has 166 valence electrons. The van der Waals surface area contributed by atoms with Gasteiger partial charge in [-0.1, -0.05) is 0 Å². The summed E-state index contributed by atoms with van der Waals surface area (Å²) in [6, 6.07) is 7.27. The number of carbonyl (C=O) groups is 1. The lowest BCUT2D eigenvalue weighted by molar-refractivity contribution is -0.138. The van der Waals surface area contributed by atoms with Crippen molar-refractivity contribution in [1.82, 2.24) is 15.3 Å². The van der Waals surface area contributed by atoms with Crippen LogP contribution in [-0.4, -0.2) is 50.5 Å². The van der Waals surface area contributed by atoms with Crippen LogP contribution in [-0.2, 0) is 4.79 Å². The van der Waals surface area contributed by atoms with Gasteiger partial charge >= 0.3 is 5.97 Å². The van der Waals surface area contributed by atoms with Crippen LogP contribution in [0.1, 0.15) is 17.8 Å². The van der Waals surface area contributed by atoms with E-state index in [0.29, 0.717) is 12.1 Å². The number of aliphatic carboxylic acids is 1. The summed E-state index contributed by atoms with van der Waals surface area (Å²) in [5, 5.41) is 14.9. The Hall–Kier alpha value is -3.78. The van der Waals surface area contributed by atoms with Crippen molar-refractivity contribution in [2.24, 2.45) is 9.98 Å². The Morgan fingerprint density at radius 3 is 2.61 bits per heavy atom. The third-order valence-electron chi connectivity index (χ3n) is 5.39. The molecule has 5 heterocycles. The Morgan fingerprint density at radius 2 is 1.82 bits per heavy atom. The monoisotopic (exact) mass is 457 g/mol. The van der Waals surface area contributed by atoms with Gasteiger partial charge in [0.05, 0.1) is 22.8 Å². The Bertz CT molecular complexity index is 1410. The average Bonchev–Trinajstić information content (AvgIpc) is 3.56. The predicted octanol–water partition coefficient (Wildman–Crippen LogP) is 2.34. The standard InChI is InChI=1S/C25H23N5O2S/c1-33-9-8-22(25(31)32)30-24-14-21-12-19-5-4-17(27-19)10-15-2-3-16(26-15)11-18-6-7-20(28-18)13-23(24)29-21/h2-7,10-14,22,26-27,29H,8-9H2,1H3,(H,31,32)/t22-/m0/s1. The van der Waals surface area contributed by atoms with Crippen LogP contribution in [0.25, 0.3) is 18.2 Å². The van der Waals surface area contributed by atoms with Crippen LogP contribution in [0, 0.1) is 0 Å². The summed E-state index contributed by atoms with van der Waals surface area (Å²) in [6.07, 6.45) is 16.1. The molecule has 0 fully saturated rings. The molecule has 1 atom stereocenters. The fraction of sp³-hybridized carbons (Fsp3) is 0.160. The minimum atomic E-state index is -0.918. The van der Waals surface area contributed by atoms with E-state index in [0.717, 1.165) is 50.6 Å². The minimum Gasteiger partial charge on any atom is -0.480 e. The van der Waals surface area contributed by atoms with Gasteiger partial charge in [0.15, 0.2) is 0 Å². The number of allylic oxidation sites excluding steroid dienone is 5. The average molecular weight is 458 g/mol. The molecule has 8 bridgehead atoms. The van der Waals surface area contributed by atoms with Gasteiger partial charge in [-0.25, -0.2) is 9.79 Å². The van der Waals surface area contributed by atoms with Crippen molar-refractivity contribution in [3.8, 4) is 0 Å². The molecule has 7 nitrogen and oxygen atoms in total. The Kier molecular flexibility index (Phi) is 5.75. The largest absolute Gasteiger partial charge is 0.480 e. The molecule has 5 rings (SSSR count). The number of nitrogens with zero attached hydrogens (tertiary/aromatic N) is 2. The normalized spacial score (nSPS) is 18.5. The number of aliphatic imine (C=N–C) groups is 2. The summed E-state index contributed by atoms with van der Waals surface area (Å²) in [6.45, 7) is 0. The van der Waals surface area contributed by atoms with E-state index in [4.69, 9.17) is 0 Å². The molecule has 8 heteroatoms. The van der Waals surface area contributed by atoms with Crippen LogP contribution >= 0.6 is 11.8 Å². The van der Waals surface area contributed by atoms with Gasteiger partial charge in [0.1, 0.15) is 6.04 Å². The highest BCUT2D eigenvalue weighted by atomic mass is 32.2. The van der Waals surface area contributed by atoms with Crippen molar-refractivity contribution >= 4 is 47.4 Å². The van der Waals surface area contributed by atoms with E-state index in [9.17, 15) is 9.90 Å². The minimum absolute atomic E-state index is 0.474. The number of aromatic nitrogens is 2. The van der Waals surface area contributed by atoms with Crippen LogP contribution in [0.4, 0.5) is 0 Å². The van der Waals surface area contributed by atoms with Crippen molar-refractivity contribution in [3.05, 3.63) is 87.7 Å². The molecule has 4 N–H and O–H groups in total. The molecule has 0 saturated carbocycles. The lowest BCUT2D eigenvalue weighted by atomic mass is 10.2. The highest BCUT2D eigenvalue weighted by Gasteiger charge is 2.21. The number of carboxylic acid groups (broad SMARTS) is 1. The summed E-state index contributed by atoms with van der Waals surface area (Å²) in [7, 11) is 0. The van der Waals surface area contributed by atoms with Crippen molar-refractivity contribution in [2.45, 2.75) is 12.5 Å². The molecule has 0 radical (unpaired) electrons. The maximum absolute atomic E-state index is 11.8. The number of hydrogen-bond donors (Lipinski definition) is 4. The molecule has 0 aromatic carbocycles. The van der Waals surface area contributed by atoms with Crippen LogP contribution < -0.4 is 16.0 Å². The summed E-state index contributed by atoms with van der Waals surface area (Å²) >= 11 is 1.61. The zero-order valence-electron chi connectivity index (χ0n) is 18.0. The van der Waals surface area contributed by atoms with E-state index in [2.05, 4.69) is 25.3 Å². The first-order valence-corrected chi connectivity index (χ1v) is 12.0. The van der Waals surface area contributed by atoms with E-state index in [1.54, 1.807) is 11.8 Å². The van der Waals surface area contributed by atoms with Crippen LogP contribution in [0.2, 0.25) is 0 Å². The van der Waals surface area contributed by atoms with Gasteiger partial charge in [-0.05, 0) is 85.2 Å². The van der Waals surface area contributed by atoms with Crippen LogP contribution in [0.5, 0.6) is 0 Å². The smallest absolute Gasteiger partial charge is 0.328 e. The number of thioether (sulfide) groups is 1. The molecule has 33 heavy (non-hydrogen) atoms. The third kappa shape index (κ3) is 4.85. The van der Waals surface area contributed by atoms with Crippen molar-refractivity contribution < 1.29 is 9.90 Å². The zero-order valence-corrected chi connectivity index (χ0v) is 18.8. The second-order valence-corrected chi connectivity index (χ2v) is 8.88. The highest BCUT2D eigenvalue weighted by Crippen LogP contribution is 2.19. The Labute approximate surface area is 194 Å². The molecule has 0 saturated heterocycles. The maximum Gasteiger partial charge on any atom is 0.328 e. The van der Waals surface area contributed by atoms with Gasteiger partial charge in [0, 0.05) is 27.8 Å². The van der Waals surface area contributed by atoms with E-state index in [1.807, 2.05) is 73.1 Å². The molecule has 3 aliphatic heterocycles. The van der Waals surface area contributed by atoms with E-state index in [1.165, 1.54) is 0 Å². The highest BCUT2D eigenvalue weighted by molar-refractivity contribution is 7.98. The fourth-order valence-corrected chi connectivity index (χ4v) is 4.27. The molecule has 0 unspecified atom stereocenters. The molecular formula is C25H23N5O2S. The van der Waals surface area contributed by atoms with Crippen molar-refractivity contribution in [2.75, 3.05) is 12.0 Å². The Morgan fingerprint density at radius 1 is 1.03 bits per heavy atom. The number of fused-ring (bicyclic) bond motifs is 7. The van der Waals surface area contributed by atoms with E-state index >= 15 is 0 Å². The molecule has 3 aliphatic rings. The number of rotatable bonds is 5. The first-order valence-electron chi connectivity index (χ1n) is 10.6. The maximum atomic E-state index is 11.8. The van der Waals surface area contributed by atoms with E-state index in [-0.39, 0.29) is 0 Å². The van der Waals surface area contributed by atoms with Gasteiger partial charge in [0.2, 0.25) is 0 Å². The second kappa shape index (κ2) is 8.99. The molecule has 2 aromatic rings.